The maximum Gasteiger partial charge on any atom is 0.103 e. The zero-order chi connectivity index (χ0) is 18.0. The number of amidine groups is 1. The quantitative estimate of drug-likeness (QED) is 0.499. The van der Waals surface area contributed by atoms with Crippen LogP contribution in [0.4, 0.5) is 11.4 Å². The van der Waals surface area contributed by atoms with Gasteiger partial charge in [-0.15, -0.1) is 0 Å². The first kappa shape index (κ1) is 18.3. The number of aliphatic imine (C=N–C) groups is 1. The van der Waals surface area contributed by atoms with Gasteiger partial charge in [0.25, 0.3) is 0 Å². The van der Waals surface area contributed by atoms with E-state index in [-0.39, 0.29) is 10.8 Å². The smallest absolute Gasteiger partial charge is 0.103 e. The Morgan fingerprint density at radius 2 is 1.25 bits per heavy atom. The van der Waals surface area contributed by atoms with Gasteiger partial charge in [0.2, 0.25) is 0 Å². The second kappa shape index (κ2) is 6.80. The molecule has 2 nitrogen and oxygen atoms in total. The number of anilines is 1. The topological polar surface area (TPSA) is 24.4 Å². The van der Waals surface area contributed by atoms with E-state index in [0.717, 1.165) is 17.2 Å². The minimum atomic E-state index is 0.0731. The van der Waals surface area contributed by atoms with Crippen molar-refractivity contribution in [1.29, 1.82) is 0 Å². The molecule has 0 saturated heterocycles. The molecule has 2 heteroatoms. The second-order valence-corrected chi connectivity index (χ2v) is 8.38. The Hall–Kier alpha value is -2.09. The van der Waals surface area contributed by atoms with Crippen molar-refractivity contribution in [2.75, 3.05) is 5.32 Å². The number of hydrogen-bond acceptors (Lipinski definition) is 1. The van der Waals surface area contributed by atoms with Crippen LogP contribution in [-0.4, -0.2) is 5.84 Å². The molecule has 128 valence electrons. The molecule has 0 unspecified atom stereocenters. The molecule has 0 aliphatic heterocycles. The number of nitrogens with one attached hydrogen (secondary N) is 1. The Bertz CT molecular complexity index is 728. The first-order valence-corrected chi connectivity index (χ1v) is 8.60. The van der Waals surface area contributed by atoms with E-state index in [4.69, 9.17) is 4.99 Å². The molecular weight excluding hydrogens is 292 g/mol. The van der Waals surface area contributed by atoms with Gasteiger partial charge < -0.3 is 5.32 Å². The molecule has 0 bridgehead atoms. The monoisotopic (exact) mass is 322 g/mol. The van der Waals surface area contributed by atoms with Gasteiger partial charge in [0.05, 0.1) is 5.69 Å². The SMILES string of the molecule is CC(=Nc1ccccc1C(C)(C)C)Nc1ccccc1C(C)(C)C. The molecule has 2 rings (SSSR count). The predicted molar refractivity (Wildman–Crippen MR) is 107 cm³/mol. The van der Waals surface area contributed by atoms with Crippen LogP contribution in [0.2, 0.25) is 0 Å². The number of benzene rings is 2. The van der Waals surface area contributed by atoms with Gasteiger partial charge in [0.15, 0.2) is 0 Å². The summed E-state index contributed by atoms with van der Waals surface area (Å²) < 4.78 is 0. The number of hydrogen-bond donors (Lipinski definition) is 1. The molecule has 24 heavy (non-hydrogen) atoms. The normalized spacial score (nSPS) is 13.0. The van der Waals surface area contributed by atoms with Gasteiger partial charge in [0.1, 0.15) is 5.84 Å². The molecule has 0 atom stereocenters. The third-order valence-electron chi connectivity index (χ3n) is 4.05. The van der Waals surface area contributed by atoms with Crippen molar-refractivity contribution >= 4 is 17.2 Å². The molecule has 2 aromatic carbocycles. The molecule has 0 spiro atoms. The fraction of sp³-hybridized carbons (Fsp3) is 0.409. The van der Waals surface area contributed by atoms with Gasteiger partial charge in [-0.05, 0) is 41.0 Å². The van der Waals surface area contributed by atoms with E-state index in [2.05, 4.69) is 89.3 Å². The summed E-state index contributed by atoms with van der Waals surface area (Å²) in [4.78, 5) is 4.85. The highest BCUT2D eigenvalue weighted by molar-refractivity contribution is 5.96. The van der Waals surface area contributed by atoms with Crippen molar-refractivity contribution in [2.45, 2.75) is 59.3 Å². The summed E-state index contributed by atoms with van der Waals surface area (Å²) >= 11 is 0. The Labute approximate surface area is 147 Å². The molecule has 2 aromatic rings. The van der Waals surface area contributed by atoms with E-state index in [0.29, 0.717) is 0 Å². The van der Waals surface area contributed by atoms with E-state index in [1.165, 1.54) is 11.1 Å². The highest BCUT2D eigenvalue weighted by Crippen LogP contribution is 2.32. The highest BCUT2D eigenvalue weighted by atomic mass is 15.0. The molecule has 0 amide bonds. The van der Waals surface area contributed by atoms with Crippen LogP contribution in [0.5, 0.6) is 0 Å². The summed E-state index contributed by atoms with van der Waals surface area (Å²) in [7, 11) is 0. The van der Waals surface area contributed by atoms with Crippen LogP contribution in [0.1, 0.15) is 59.6 Å². The molecule has 1 N–H and O–H groups in total. The summed E-state index contributed by atoms with van der Waals surface area (Å²) in [6.45, 7) is 15.4. The minimum Gasteiger partial charge on any atom is -0.344 e. The molecule has 0 heterocycles. The lowest BCUT2D eigenvalue weighted by Crippen LogP contribution is -2.17. The van der Waals surface area contributed by atoms with E-state index in [1.54, 1.807) is 0 Å². The lowest BCUT2D eigenvalue weighted by molar-refractivity contribution is 0.591. The van der Waals surface area contributed by atoms with Crippen molar-refractivity contribution < 1.29 is 0 Å². The van der Waals surface area contributed by atoms with Gasteiger partial charge in [0, 0.05) is 5.69 Å². The largest absolute Gasteiger partial charge is 0.344 e. The van der Waals surface area contributed by atoms with Crippen LogP contribution in [0.25, 0.3) is 0 Å². The molecule has 0 aliphatic carbocycles. The standard InChI is InChI=1S/C22H30N2/c1-16(23-19-14-10-8-12-17(19)21(2,3)4)24-20-15-11-9-13-18(20)22(5,6)7/h8-15H,1-7H3,(H,23,24). The fourth-order valence-corrected chi connectivity index (χ4v) is 2.85. The summed E-state index contributed by atoms with van der Waals surface area (Å²) in [6.07, 6.45) is 0. The Balaban J connectivity index is 2.36. The van der Waals surface area contributed by atoms with Gasteiger partial charge in [-0.1, -0.05) is 77.9 Å². The van der Waals surface area contributed by atoms with E-state index in [9.17, 15) is 0 Å². The number of nitrogens with zero attached hydrogens (tertiary/aromatic N) is 1. The first-order chi connectivity index (χ1) is 11.1. The number of para-hydroxylation sites is 2. The van der Waals surface area contributed by atoms with Crippen molar-refractivity contribution in [3.05, 3.63) is 59.7 Å². The van der Waals surface area contributed by atoms with Crippen LogP contribution in [0.15, 0.2) is 53.5 Å². The highest BCUT2D eigenvalue weighted by Gasteiger charge is 2.19. The maximum atomic E-state index is 4.85. The van der Waals surface area contributed by atoms with E-state index in [1.807, 2.05) is 13.0 Å². The van der Waals surface area contributed by atoms with Crippen LogP contribution in [0.3, 0.4) is 0 Å². The predicted octanol–water partition coefficient (Wildman–Crippen LogP) is 6.44. The van der Waals surface area contributed by atoms with Gasteiger partial charge in [-0.2, -0.15) is 0 Å². The lowest BCUT2D eigenvalue weighted by atomic mass is 9.85. The van der Waals surface area contributed by atoms with E-state index >= 15 is 0 Å². The zero-order valence-electron chi connectivity index (χ0n) is 16.1. The molecule has 0 fully saturated rings. The maximum absolute atomic E-state index is 4.85. The fourth-order valence-electron chi connectivity index (χ4n) is 2.85. The van der Waals surface area contributed by atoms with E-state index < -0.39 is 0 Å². The van der Waals surface area contributed by atoms with Gasteiger partial charge in [-0.25, -0.2) is 4.99 Å². The third kappa shape index (κ3) is 4.47. The van der Waals surface area contributed by atoms with Crippen molar-refractivity contribution in [3.63, 3.8) is 0 Å². The molecular formula is C22H30N2. The Morgan fingerprint density at radius 3 is 1.83 bits per heavy atom. The summed E-state index contributed by atoms with van der Waals surface area (Å²) in [5, 5.41) is 3.49. The van der Waals surface area contributed by atoms with Crippen LogP contribution >= 0.6 is 0 Å². The zero-order valence-corrected chi connectivity index (χ0v) is 16.1. The average Bonchev–Trinajstić information content (AvgIpc) is 2.46. The molecule has 0 aromatic heterocycles. The summed E-state index contributed by atoms with van der Waals surface area (Å²) in [5.41, 5.74) is 4.87. The minimum absolute atomic E-state index is 0.0731. The first-order valence-electron chi connectivity index (χ1n) is 8.60. The number of rotatable bonds is 2. The Morgan fingerprint density at radius 1 is 0.750 bits per heavy atom. The lowest BCUT2D eigenvalue weighted by Gasteiger charge is -2.24. The van der Waals surface area contributed by atoms with Crippen LogP contribution < -0.4 is 5.32 Å². The van der Waals surface area contributed by atoms with Crippen molar-refractivity contribution in [1.82, 2.24) is 0 Å². The third-order valence-corrected chi connectivity index (χ3v) is 4.05. The average molecular weight is 322 g/mol. The molecule has 0 aliphatic rings. The van der Waals surface area contributed by atoms with Gasteiger partial charge >= 0.3 is 0 Å². The summed E-state index contributed by atoms with van der Waals surface area (Å²) in [6, 6.07) is 16.8. The van der Waals surface area contributed by atoms with Crippen molar-refractivity contribution in [2.24, 2.45) is 4.99 Å². The molecule has 0 saturated carbocycles. The van der Waals surface area contributed by atoms with Crippen LogP contribution in [-0.2, 0) is 10.8 Å². The second-order valence-electron chi connectivity index (χ2n) is 8.38. The van der Waals surface area contributed by atoms with Crippen LogP contribution in [0, 0.1) is 0 Å². The Kier molecular flexibility index (Phi) is 5.17. The summed E-state index contributed by atoms with van der Waals surface area (Å²) in [5.74, 6) is 0.906. The van der Waals surface area contributed by atoms with Crippen molar-refractivity contribution in [3.8, 4) is 0 Å². The van der Waals surface area contributed by atoms with Gasteiger partial charge in [-0.3, -0.25) is 0 Å². The molecule has 0 radical (unpaired) electrons.